The summed E-state index contributed by atoms with van der Waals surface area (Å²) in [7, 11) is 1.67. The molecule has 1 aliphatic heterocycles. The Labute approximate surface area is 136 Å². The zero-order valence-electron chi connectivity index (χ0n) is 14.0. The van der Waals surface area contributed by atoms with E-state index in [0.29, 0.717) is 11.9 Å². The van der Waals surface area contributed by atoms with Crippen molar-refractivity contribution in [1.29, 1.82) is 0 Å². The Bertz CT molecular complexity index is 789. The lowest BCUT2D eigenvalue weighted by atomic mass is 10.1. The van der Waals surface area contributed by atoms with Gasteiger partial charge in [-0.05, 0) is 24.5 Å². The van der Waals surface area contributed by atoms with Crippen LogP contribution in [0, 0.1) is 5.92 Å². The molecule has 0 spiro atoms. The number of rotatable bonds is 1. The predicted molar refractivity (Wildman–Crippen MR) is 91.2 cm³/mol. The van der Waals surface area contributed by atoms with Crippen LogP contribution in [0.5, 0.6) is 0 Å². The van der Waals surface area contributed by atoms with Crippen LogP contribution >= 0.6 is 0 Å². The molecule has 0 radical (unpaired) electrons. The first-order valence-corrected chi connectivity index (χ1v) is 7.82. The Morgan fingerprint density at radius 3 is 2.26 bits per heavy atom. The minimum Gasteiger partial charge on any atom is -0.295 e. The lowest BCUT2D eigenvalue weighted by Crippen LogP contribution is -2.44. The van der Waals surface area contributed by atoms with Crippen LogP contribution in [0.2, 0.25) is 0 Å². The fourth-order valence-electron chi connectivity index (χ4n) is 2.55. The van der Waals surface area contributed by atoms with Crippen molar-refractivity contribution >= 4 is 22.8 Å². The third kappa shape index (κ3) is 3.52. The second-order valence-electron chi connectivity index (χ2n) is 6.40. The first-order chi connectivity index (χ1) is 10.8. The number of imide groups is 1. The van der Waals surface area contributed by atoms with Crippen LogP contribution in [0.15, 0.2) is 29.1 Å². The maximum absolute atomic E-state index is 12.3. The van der Waals surface area contributed by atoms with Crippen molar-refractivity contribution in [3.8, 4) is 0 Å². The molecule has 1 atom stereocenters. The highest BCUT2D eigenvalue weighted by molar-refractivity contribution is 6.00. The molecule has 6 nitrogen and oxygen atoms in total. The smallest absolute Gasteiger partial charge is 0.295 e. The fraction of sp³-hybridized carbons (Fsp3) is 0.471. The monoisotopic (exact) mass is 319 g/mol. The molecule has 2 aromatic rings. The molecule has 1 fully saturated rings. The van der Waals surface area contributed by atoms with Crippen LogP contribution in [-0.4, -0.2) is 20.9 Å². The summed E-state index contributed by atoms with van der Waals surface area (Å²) in [6.07, 6.45) is 0.616. The second-order valence-corrected chi connectivity index (χ2v) is 6.40. The van der Waals surface area contributed by atoms with Gasteiger partial charge in [0, 0.05) is 14.9 Å². The maximum atomic E-state index is 12.3. The molecule has 2 amide bonds. The van der Waals surface area contributed by atoms with Crippen molar-refractivity contribution in [2.45, 2.75) is 39.7 Å². The van der Waals surface area contributed by atoms with E-state index in [0.717, 1.165) is 11.4 Å². The molecule has 1 aromatic carbocycles. The van der Waals surface area contributed by atoms with Crippen LogP contribution in [0.3, 0.4) is 0 Å². The van der Waals surface area contributed by atoms with Gasteiger partial charge in [0.2, 0.25) is 11.8 Å². The molecule has 1 N–H and O–H groups in total. The van der Waals surface area contributed by atoms with Gasteiger partial charge in [0.25, 0.3) is 0 Å². The maximum Gasteiger partial charge on any atom is 0.329 e. The number of para-hydroxylation sites is 2. The number of carbonyl (C=O) groups is 2. The van der Waals surface area contributed by atoms with Crippen molar-refractivity contribution in [1.82, 2.24) is 14.5 Å². The largest absolute Gasteiger partial charge is 0.329 e. The SMILES string of the molecule is CC(C)C.Cn1c(=O)n(C2CCC(=O)NC2=O)c2ccccc21.[HH]. The number of hydrogen-bond donors (Lipinski definition) is 1. The molecule has 1 saturated heterocycles. The number of aromatic nitrogens is 2. The standard InChI is InChI=1S/C13H13N3O3.C4H10.H2/c1-15-8-4-2-3-5-9(8)16(13(15)19)10-6-7-11(17)14-12(10)18;1-4(2)3;/h2-5,10H,6-7H2,1H3,(H,14,17,18);4H,1-3H3;1H. The van der Waals surface area contributed by atoms with Crippen LogP contribution < -0.4 is 11.0 Å². The summed E-state index contributed by atoms with van der Waals surface area (Å²) in [5.41, 5.74) is 1.25. The van der Waals surface area contributed by atoms with E-state index in [-0.39, 0.29) is 19.4 Å². The van der Waals surface area contributed by atoms with E-state index in [4.69, 9.17) is 0 Å². The third-order valence-electron chi connectivity index (χ3n) is 3.52. The van der Waals surface area contributed by atoms with Crippen molar-refractivity contribution in [3.05, 3.63) is 34.7 Å². The van der Waals surface area contributed by atoms with Gasteiger partial charge in [0.1, 0.15) is 6.04 Å². The number of aryl methyl sites for hydroxylation is 1. The van der Waals surface area contributed by atoms with Gasteiger partial charge in [-0.3, -0.25) is 24.0 Å². The van der Waals surface area contributed by atoms with Crippen LogP contribution in [0.4, 0.5) is 0 Å². The Balaban J connectivity index is 0.000000522. The summed E-state index contributed by atoms with van der Waals surface area (Å²) in [5.74, 6) is 0.143. The van der Waals surface area contributed by atoms with E-state index >= 15 is 0 Å². The number of carbonyl (C=O) groups excluding carboxylic acids is 2. The average Bonchev–Trinajstić information content (AvgIpc) is 2.72. The fourth-order valence-corrected chi connectivity index (χ4v) is 2.55. The van der Waals surface area contributed by atoms with E-state index in [9.17, 15) is 14.4 Å². The highest BCUT2D eigenvalue weighted by Crippen LogP contribution is 2.22. The minimum absolute atomic E-state index is 0. The van der Waals surface area contributed by atoms with Gasteiger partial charge in [-0.2, -0.15) is 0 Å². The van der Waals surface area contributed by atoms with E-state index < -0.39 is 11.9 Å². The number of benzene rings is 1. The molecular formula is C17H25N3O3. The second kappa shape index (κ2) is 6.81. The van der Waals surface area contributed by atoms with Crippen LogP contribution in [0.25, 0.3) is 11.0 Å². The predicted octanol–water partition coefficient (Wildman–Crippen LogP) is 2.23. The Morgan fingerprint density at radius 1 is 1.13 bits per heavy atom. The molecule has 0 aliphatic carbocycles. The molecular weight excluding hydrogens is 294 g/mol. The van der Waals surface area contributed by atoms with E-state index in [1.54, 1.807) is 13.1 Å². The molecule has 3 rings (SSSR count). The lowest BCUT2D eigenvalue weighted by Gasteiger charge is -2.21. The van der Waals surface area contributed by atoms with E-state index in [2.05, 4.69) is 26.1 Å². The summed E-state index contributed by atoms with van der Waals surface area (Å²) in [6.45, 7) is 6.50. The number of hydrogen-bond acceptors (Lipinski definition) is 3. The molecule has 1 aliphatic rings. The Morgan fingerprint density at radius 2 is 1.70 bits per heavy atom. The summed E-state index contributed by atoms with van der Waals surface area (Å²) in [5, 5.41) is 2.28. The summed E-state index contributed by atoms with van der Waals surface area (Å²) >= 11 is 0. The van der Waals surface area contributed by atoms with Crippen molar-refractivity contribution in [2.75, 3.05) is 0 Å². The number of piperidine rings is 1. The topological polar surface area (TPSA) is 73.1 Å². The van der Waals surface area contributed by atoms with Gasteiger partial charge in [-0.1, -0.05) is 32.9 Å². The molecule has 2 heterocycles. The molecule has 126 valence electrons. The number of fused-ring (bicyclic) bond motifs is 1. The minimum atomic E-state index is -0.615. The molecule has 0 bridgehead atoms. The number of imidazole rings is 1. The zero-order chi connectivity index (χ0) is 17.1. The van der Waals surface area contributed by atoms with Gasteiger partial charge >= 0.3 is 5.69 Å². The Kier molecular flexibility index (Phi) is 5.03. The molecule has 6 heteroatoms. The van der Waals surface area contributed by atoms with Crippen molar-refractivity contribution in [3.63, 3.8) is 0 Å². The average molecular weight is 319 g/mol. The van der Waals surface area contributed by atoms with Crippen molar-refractivity contribution < 1.29 is 11.0 Å². The highest BCUT2D eigenvalue weighted by Gasteiger charge is 2.30. The van der Waals surface area contributed by atoms with Gasteiger partial charge < -0.3 is 0 Å². The van der Waals surface area contributed by atoms with Crippen molar-refractivity contribution in [2.24, 2.45) is 13.0 Å². The molecule has 1 aromatic heterocycles. The van der Waals surface area contributed by atoms with Gasteiger partial charge in [0.15, 0.2) is 0 Å². The first-order valence-electron chi connectivity index (χ1n) is 7.82. The first kappa shape index (κ1) is 17.0. The van der Waals surface area contributed by atoms with E-state index in [1.807, 2.05) is 18.2 Å². The van der Waals surface area contributed by atoms with Gasteiger partial charge in [0.05, 0.1) is 11.0 Å². The number of amides is 2. The van der Waals surface area contributed by atoms with E-state index in [1.165, 1.54) is 9.13 Å². The number of nitrogens with zero attached hydrogens (tertiary/aromatic N) is 2. The normalized spacial score (nSPS) is 17.9. The molecule has 23 heavy (non-hydrogen) atoms. The summed E-state index contributed by atoms with van der Waals surface area (Å²) < 4.78 is 2.98. The van der Waals surface area contributed by atoms with Gasteiger partial charge in [-0.15, -0.1) is 0 Å². The highest BCUT2D eigenvalue weighted by atomic mass is 16.2. The van der Waals surface area contributed by atoms with Gasteiger partial charge in [-0.25, -0.2) is 4.79 Å². The van der Waals surface area contributed by atoms with Crippen LogP contribution in [-0.2, 0) is 16.6 Å². The molecule has 0 saturated carbocycles. The summed E-state index contributed by atoms with van der Waals surface area (Å²) in [6, 6.07) is 6.69. The number of nitrogens with one attached hydrogen (secondary N) is 1. The third-order valence-corrected chi connectivity index (χ3v) is 3.52. The van der Waals surface area contributed by atoms with Crippen LogP contribution in [0.1, 0.15) is 41.1 Å². The lowest BCUT2D eigenvalue weighted by molar-refractivity contribution is -0.135. The summed E-state index contributed by atoms with van der Waals surface area (Å²) in [4.78, 5) is 35.4. The quantitative estimate of drug-likeness (QED) is 0.819. The zero-order valence-corrected chi connectivity index (χ0v) is 14.0. The Hall–Kier alpha value is -2.37. The molecule has 1 unspecified atom stereocenters.